The Morgan fingerprint density at radius 1 is 1.50 bits per heavy atom. The van der Waals surface area contributed by atoms with E-state index in [1.165, 1.54) is 7.11 Å². The second-order valence-corrected chi connectivity index (χ2v) is 3.08. The summed E-state index contributed by atoms with van der Waals surface area (Å²) in [6.45, 7) is 3.79. The summed E-state index contributed by atoms with van der Waals surface area (Å²) < 4.78 is 4.60. The third-order valence-corrected chi connectivity index (χ3v) is 2.18. The largest absolute Gasteiger partial charge is 0.465 e. The number of hydrogen-bond donors (Lipinski definition) is 0. The Kier molecular flexibility index (Phi) is 3.72. The van der Waals surface area contributed by atoms with Crippen molar-refractivity contribution >= 4 is 23.1 Å². The lowest BCUT2D eigenvalue weighted by Crippen LogP contribution is -2.01. The highest BCUT2D eigenvalue weighted by atomic mass is 35.5. The summed E-state index contributed by atoms with van der Waals surface area (Å²) in [6.07, 6.45) is 0. The molecule has 0 spiro atoms. The lowest BCUT2D eigenvalue weighted by molar-refractivity contribution is 0.0600. The normalized spacial score (nSPS) is 9.57. The molecule has 0 bridgehead atoms. The quantitative estimate of drug-likeness (QED) is 0.567. The Balaban J connectivity index is 3.01. The monoisotopic (exact) mass is 210 g/mol. The second kappa shape index (κ2) is 4.82. The Hall–Kier alpha value is -1.28. The van der Waals surface area contributed by atoms with Crippen LogP contribution < -0.4 is 0 Å². The van der Waals surface area contributed by atoms with Gasteiger partial charge >= 0.3 is 5.97 Å². The minimum absolute atomic E-state index is 0.352. The van der Waals surface area contributed by atoms with Gasteiger partial charge in [0.1, 0.15) is 0 Å². The standard InChI is InChI=1S/C11H11ClO2/c1-8(7-12)9-4-3-5-10(6-9)11(13)14-2/h3-6H,1,7H2,2H3. The minimum atomic E-state index is -0.353. The van der Waals surface area contributed by atoms with E-state index in [9.17, 15) is 4.79 Å². The molecule has 14 heavy (non-hydrogen) atoms. The van der Waals surface area contributed by atoms with Crippen LogP contribution in [0.3, 0.4) is 0 Å². The van der Waals surface area contributed by atoms with E-state index < -0.39 is 0 Å². The third kappa shape index (κ3) is 2.36. The van der Waals surface area contributed by atoms with Crippen molar-refractivity contribution < 1.29 is 9.53 Å². The molecule has 0 unspecified atom stereocenters. The molecule has 0 heterocycles. The molecule has 1 rings (SSSR count). The molecular weight excluding hydrogens is 200 g/mol. The predicted octanol–water partition coefficient (Wildman–Crippen LogP) is 2.73. The summed E-state index contributed by atoms with van der Waals surface area (Å²) in [7, 11) is 1.35. The molecule has 0 aliphatic heterocycles. The Morgan fingerprint density at radius 2 is 2.14 bits per heavy atom. The summed E-state index contributed by atoms with van der Waals surface area (Å²) in [5.41, 5.74) is 2.16. The highest BCUT2D eigenvalue weighted by Crippen LogP contribution is 2.15. The highest BCUT2D eigenvalue weighted by Gasteiger charge is 2.06. The number of alkyl halides is 1. The van der Waals surface area contributed by atoms with Crippen molar-refractivity contribution in [3.63, 3.8) is 0 Å². The van der Waals surface area contributed by atoms with E-state index in [4.69, 9.17) is 11.6 Å². The van der Waals surface area contributed by atoms with Gasteiger partial charge in [0.15, 0.2) is 0 Å². The Bertz CT molecular complexity index is 327. The molecule has 2 nitrogen and oxygen atoms in total. The van der Waals surface area contributed by atoms with E-state index >= 15 is 0 Å². The molecular formula is C11H11ClO2. The van der Waals surface area contributed by atoms with E-state index in [1.807, 2.05) is 6.07 Å². The fraction of sp³-hybridized carbons (Fsp3) is 0.182. The van der Waals surface area contributed by atoms with Gasteiger partial charge in [0.25, 0.3) is 0 Å². The summed E-state index contributed by atoms with van der Waals surface area (Å²) in [5.74, 6) is -0.000760. The number of rotatable bonds is 3. The molecule has 0 saturated carbocycles. The summed E-state index contributed by atoms with van der Waals surface area (Å²) in [5, 5.41) is 0. The van der Waals surface area contributed by atoms with Gasteiger partial charge in [-0.3, -0.25) is 0 Å². The predicted molar refractivity (Wildman–Crippen MR) is 57.5 cm³/mol. The van der Waals surface area contributed by atoms with Gasteiger partial charge in [0.05, 0.1) is 12.7 Å². The number of ether oxygens (including phenoxy) is 1. The number of hydrogen-bond acceptors (Lipinski definition) is 2. The van der Waals surface area contributed by atoms with Crippen LogP contribution >= 0.6 is 11.6 Å². The van der Waals surface area contributed by atoms with Gasteiger partial charge in [-0.1, -0.05) is 18.7 Å². The molecule has 0 fully saturated rings. The number of carbonyl (C=O) groups excluding carboxylic acids is 1. The second-order valence-electron chi connectivity index (χ2n) is 2.81. The number of esters is 1. The maximum Gasteiger partial charge on any atom is 0.337 e. The van der Waals surface area contributed by atoms with Crippen molar-refractivity contribution in [3.05, 3.63) is 42.0 Å². The zero-order valence-corrected chi connectivity index (χ0v) is 8.67. The number of methoxy groups -OCH3 is 1. The molecule has 0 radical (unpaired) electrons. The molecule has 0 amide bonds. The van der Waals surface area contributed by atoms with Gasteiger partial charge < -0.3 is 4.74 Å². The van der Waals surface area contributed by atoms with Crippen molar-refractivity contribution in [3.8, 4) is 0 Å². The van der Waals surface area contributed by atoms with Crippen LogP contribution in [0.4, 0.5) is 0 Å². The summed E-state index contributed by atoms with van der Waals surface area (Å²) in [6, 6.07) is 7.05. The van der Waals surface area contributed by atoms with Crippen LogP contribution in [-0.2, 0) is 4.74 Å². The van der Waals surface area contributed by atoms with Crippen molar-refractivity contribution in [1.82, 2.24) is 0 Å². The minimum Gasteiger partial charge on any atom is -0.465 e. The molecule has 0 N–H and O–H groups in total. The van der Waals surface area contributed by atoms with Crippen LogP contribution in [0.2, 0.25) is 0 Å². The van der Waals surface area contributed by atoms with Crippen LogP contribution in [0.15, 0.2) is 30.8 Å². The molecule has 3 heteroatoms. The topological polar surface area (TPSA) is 26.3 Å². The maximum absolute atomic E-state index is 11.2. The van der Waals surface area contributed by atoms with Crippen molar-refractivity contribution in [2.24, 2.45) is 0 Å². The average Bonchev–Trinajstić information content (AvgIpc) is 2.27. The van der Waals surface area contributed by atoms with Crippen LogP contribution in [-0.4, -0.2) is 19.0 Å². The molecule has 1 aromatic rings. The van der Waals surface area contributed by atoms with Crippen LogP contribution in [0.5, 0.6) is 0 Å². The average molecular weight is 211 g/mol. The Labute approximate surface area is 88.1 Å². The van der Waals surface area contributed by atoms with Gasteiger partial charge in [-0.15, -0.1) is 11.6 Å². The number of allylic oxidation sites excluding steroid dienone is 1. The summed E-state index contributed by atoms with van der Waals surface area (Å²) in [4.78, 5) is 11.2. The molecule has 0 aromatic heterocycles. The van der Waals surface area contributed by atoms with E-state index in [0.29, 0.717) is 11.4 Å². The smallest absolute Gasteiger partial charge is 0.337 e. The molecule has 1 aromatic carbocycles. The zero-order chi connectivity index (χ0) is 10.6. The van der Waals surface area contributed by atoms with Gasteiger partial charge in [-0.25, -0.2) is 4.79 Å². The van der Waals surface area contributed by atoms with E-state index in [-0.39, 0.29) is 5.97 Å². The fourth-order valence-electron chi connectivity index (χ4n) is 1.06. The Morgan fingerprint density at radius 3 is 2.71 bits per heavy atom. The molecule has 74 valence electrons. The maximum atomic E-state index is 11.2. The van der Waals surface area contributed by atoms with E-state index in [2.05, 4.69) is 11.3 Å². The SMILES string of the molecule is C=C(CCl)c1cccc(C(=O)OC)c1. The van der Waals surface area contributed by atoms with Gasteiger partial charge in [0.2, 0.25) is 0 Å². The molecule has 0 saturated heterocycles. The highest BCUT2D eigenvalue weighted by molar-refractivity contribution is 6.23. The van der Waals surface area contributed by atoms with Crippen molar-refractivity contribution in [2.75, 3.05) is 13.0 Å². The van der Waals surface area contributed by atoms with Gasteiger partial charge in [0, 0.05) is 5.88 Å². The first-order valence-corrected chi connectivity index (χ1v) is 4.65. The van der Waals surface area contributed by atoms with Crippen molar-refractivity contribution in [1.29, 1.82) is 0 Å². The first-order chi connectivity index (χ1) is 6.69. The number of carbonyl (C=O) groups is 1. The first-order valence-electron chi connectivity index (χ1n) is 4.11. The van der Waals surface area contributed by atoms with E-state index in [0.717, 1.165) is 11.1 Å². The fourth-order valence-corrected chi connectivity index (χ4v) is 1.22. The lowest BCUT2D eigenvalue weighted by atomic mass is 10.1. The van der Waals surface area contributed by atoms with Gasteiger partial charge in [-0.05, 0) is 23.3 Å². The molecule has 0 aliphatic rings. The van der Waals surface area contributed by atoms with Crippen molar-refractivity contribution in [2.45, 2.75) is 0 Å². The third-order valence-electron chi connectivity index (χ3n) is 1.85. The van der Waals surface area contributed by atoms with E-state index in [1.54, 1.807) is 18.2 Å². The summed E-state index contributed by atoms with van der Waals surface area (Å²) >= 11 is 5.64. The van der Waals surface area contributed by atoms with Gasteiger partial charge in [-0.2, -0.15) is 0 Å². The first kappa shape index (κ1) is 10.8. The van der Waals surface area contributed by atoms with Crippen LogP contribution in [0.1, 0.15) is 15.9 Å². The number of halogens is 1. The zero-order valence-electron chi connectivity index (χ0n) is 7.92. The lowest BCUT2D eigenvalue weighted by Gasteiger charge is -2.04. The number of benzene rings is 1. The molecule has 0 atom stereocenters. The van der Waals surface area contributed by atoms with Crippen LogP contribution in [0.25, 0.3) is 5.57 Å². The van der Waals surface area contributed by atoms with Crippen LogP contribution in [0, 0.1) is 0 Å². The molecule has 0 aliphatic carbocycles.